The molecule has 3 aromatic carbocycles. The molecule has 6 heteroatoms. The van der Waals surface area contributed by atoms with Crippen molar-refractivity contribution < 1.29 is 9.53 Å². The number of hydrogen-bond donors (Lipinski definition) is 2. The summed E-state index contributed by atoms with van der Waals surface area (Å²) in [6.45, 7) is 9.93. The molecule has 1 amide bonds. The molecule has 0 saturated carbocycles. The van der Waals surface area contributed by atoms with E-state index in [-0.39, 0.29) is 11.3 Å². The monoisotopic (exact) mass is 461 g/mol. The van der Waals surface area contributed by atoms with Crippen molar-refractivity contribution in [2.45, 2.75) is 45.6 Å². The number of carbonyl (C=O) groups excluding carboxylic acids is 1. The first-order valence-electron chi connectivity index (χ1n) is 10.9. The van der Waals surface area contributed by atoms with Crippen molar-refractivity contribution in [3.8, 4) is 17.1 Å². The van der Waals surface area contributed by atoms with Crippen LogP contribution >= 0.6 is 11.6 Å². The van der Waals surface area contributed by atoms with Crippen LogP contribution in [0.15, 0.2) is 66.7 Å². The Kier molecular flexibility index (Phi) is 5.93. The first kappa shape index (κ1) is 22.9. The summed E-state index contributed by atoms with van der Waals surface area (Å²) in [6, 6.07) is 21.1. The van der Waals surface area contributed by atoms with Gasteiger partial charge in [-0.3, -0.25) is 4.79 Å². The van der Waals surface area contributed by atoms with Gasteiger partial charge in [0.1, 0.15) is 11.6 Å². The van der Waals surface area contributed by atoms with Crippen LogP contribution in [-0.2, 0) is 10.2 Å². The first-order valence-corrected chi connectivity index (χ1v) is 11.3. The Morgan fingerprint density at radius 3 is 2.33 bits per heavy atom. The highest BCUT2D eigenvalue weighted by atomic mass is 35.5. The van der Waals surface area contributed by atoms with Crippen LogP contribution in [-0.4, -0.2) is 21.5 Å². The molecule has 1 heterocycles. The summed E-state index contributed by atoms with van der Waals surface area (Å²) in [4.78, 5) is 21.0. The van der Waals surface area contributed by atoms with E-state index >= 15 is 0 Å². The Balaban J connectivity index is 1.52. The van der Waals surface area contributed by atoms with Gasteiger partial charge in [0.2, 0.25) is 0 Å². The van der Waals surface area contributed by atoms with Crippen molar-refractivity contribution in [2.24, 2.45) is 0 Å². The van der Waals surface area contributed by atoms with Crippen LogP contribution < -0.4 is 10.1 Å². The van der Waals surface area contributed by atoms with Crippen molar-refractivity contribution in [3.63, 3.8) is 0 Å². The highest BCUT2D eigenvalue weighted by Gasteiger charge is 2.31. The lowest BCUT2D eigenvalue weighted by Gasteiger charge is -2.26. The van der Waals surface area contributed by atoms with Gasteiger partial charge in [0.05, 0.1) is 21.7 Å². The summed E-state index contributed by atoms with van der Waals surface area (Å²) < 4.78 is 6.02. The second-order valence-electron chi connectivity index (χ2n) is 9.64. The first-order chi connectivity index (χ1) is 15.5. The van der Waals surface area contributed by atoms with Gasteiger partial charge in [-0.2, -0.15) is 0 Å². The molecular formula is C27H28ClN3O2. The highest BCUT2D eigenvalue weighted by Crippen LogP contribution is 2.30. The smallest absolute Gasteiger partial charge is 0.268 e. The second-order valence-corrected chi connectivity index (χ2v) is 10.0. The summed E-state index contributed by atoms with van der Waals surface area (Å²) >= 11 is 6.39. The normalized spacial score (nSPS) is 12.1. The van der Waals surface area contributed by atoms with Gasteiger partial charge < -0.3 is 15.0 Å². The van der Waals surface area contributed by atoms with Gasteiger partial charge in [-0.1, -0.05) is 56.6 Å². The van der Waals surface area contributed by atoms with E-state index in [0.29, 0.717) is 22.3 Å². The Morgan fingerprint density at radius 2 is 1.67 bits per heavy atom. The van der Waals surface area contributed by atoms with Crippen LogP contribution in [0, 0.1) is 0 Å². The summed E-state index contributed by atoms with van der Waals surface area (Å²) in [5.41, 5.74) is 3.28. The predicted molar refractivity (Wildman–Crippen MR) is 135 cm³/mol. The minimum atomic E-state index is -1.11. The van der Waals surface area contributed by atoms with Crippen molar-refractivity contribution in [1.29, 1.82) is 0 Å². The molecule has 0 saturated heterocycles. The summed E-state index contributed by atoms with van der Waals surface area (Å²) in [5, 5.41) is 3.35. The molecule has 2 N–H and O–H groups in total. The number of anilines is 1. The molecule has 4 rings (SSSR count). The molecule has 0 atom stereocenters. The fraction of sp³-hybridized carbons (Fsp3) is 0.259. The zero-order chi connectivity index (χ0) is 23.8. The van der Waals surface area contributed by atoms with E-state index in [4.69, 9.17) is 16.3 Å². The minimum absolute atomic E-state index is 0.0486. The van der Waals surface area contributed by atoms with E-state index in [1.54, 1.807) is 19.9 Å². The number of benzene rings is 3. The lowest BCUT2D eigenvalue weighted by atomic mass is 9.87. The molecular weight excluding hydrogens is 434 g/mol. The SMILES string of the molecule is CC(C)(Oc1ccc(C(C)(C)C)cc1)C(=O)Nc1cc(-c2nc3ccccc3[nH]2)ccc1Cl. The largest absolute Gasteiger partial charge is 0.478 e. The molecule has 0 aliphatic rings. The number of hydrogen-bond acceptors (Lipinski definition) is 3. The molecule has 0 aliphatic carbocycles. The number of carbonyl (C=O) groups is 1. The van der Waals surface area contributed by atoms with Crippen LogP contribution in [0.25, 0.3) is 22.4 Å². The van der Waals surface area contributed by atoms with E-state index in [1.807, 2.05) is 60.7 Å². The summed E-state index contributed by atoms with van der Waals surface area (Å²) in [5.74, 6) is 1.04. The highest BCUT2D eigenvalue weighted by molar-refractivity contribution is 6.34. The molecule has 33 heavy (non-hydrogen) atoms. The van der Waals surface area contributed by atoms with Gasteiger partial charge in [-0.15, -0.1) is 0 Å². The molecule has 170 valence electrons. The number of ether oxygens (including phenoxy) is 1. The third-order valence-electron chi connectivity index (χ3n) is 5.52. The van der Waals surface area contributed by atoms with Crippen LogP contribution in [0.4, 0.5) is 5.69 Å². The number of fused-ring (bicyclic) bond motifs is 1. The number of H-pyrrole nitrogens is 1. The number of nitrogens with one attached hydrogen (secondary N) is 2. The Morgan fingerprint density at radius 1 is 0.970 bits per heavy atom. The van der Waals surface area contributed by atoms with Crippen LogP contribution in [0.1, 0.15) is 40.2 Å². The van der Waals surface area contributed by atoms with E-state index < -0.39 is 5.60 Å². The van der Waals surface area contributed by atoms with E-state index in [9.17, 15) is 4.79 Å². The maximum atomic E-state index is 13.1. The molecule has 0 spiro atoms. The number of halogens is 1. The Labute approximate surface area is 199 Å². The summed E-state index contributed by atoms with van der Waals surface area (Å²) in [6.07, 6.45) is 0. The number of amides is 1. The topological polar surface area (TPSA) is 67.0 Å². The Hall–Kier alpha value is -3.31. The minimum Gasteiger partial charge on any atom is -0.478 e. The third kappa shape index (κ3) is 5.04. The van der Waals surface area contributed by atoms with Gasteiger partial charge in [-0.05, 0) is 67.3 Å². The zero-order valence-corrected chi connectivity index (χ0v) is 20.2. The number of imidazole rings is 1. The Bertz CT molecular complexity index is 1270. The van der Waals surface area contributed by atoms with E-state index in [1.165, 1.54) is 5.56 Å². The molecule has 0 radical (unpaired) electrons. The van der Waals surface area contributed by atoms with Crippen LogP contribution in [0.3, 0.4) is 0 Å². The standard InChI is InChI=1S/C27H28ClN3O2/c1-26(2,3)18-11-13-19(14-12-18)33-27(4,5)25(32)31-23-16-17(10-15-20(23)28)24-29-21-8-6-7-9-22(21)30-24/h6-16H,1-5H3,(H,29,30)(H,31,32). The molecule has 0 unspecified atom stereocenters. The molecule has 1 aromatic heterocycles. The van der Waals surface area contributed by atoms with Gasteiger partial charge in [0.15, 0.2) is 5.60 Å². The number of para-hydroxylation sites is 2. The van der Waals surface area contributed by atoms with Gasteiger partial charge >= 0.3 is 0 Å². The fourth-order valence-corrected chi connectivity index (χ4v) is 3.66. The average molecular weight is 462 g/mol. The van der Waals surface area contributed by atoms with Gasteiger partial charge in [-0.25, -0.2) is 4.98 Å². The maximum Gasteiger partial charge on any atom is 0.268 e. The van der Waals surface area contributed by atoms with Crippen LogP contribution in [0.5, 0.6) is 5.75 Å². The molecule has 5 nitrogen and oxygen atoms in total. The van der Waals surface area contributed by atoms with Crippen molar-refractivity contribution in [2.75, 3.05) is 5.32 Å². The van der Waals surface area contributed by atoms with Gasteiger partial charge in [0, 0.05) is 5.56 Å². The van der Waals surface area contributed by atoms with Crippen LogP contribution in [0.2, 0.25) is 5.02 Å². The molecule has 0 fully saturated rings. The van der Waals surface area contributed by atoms with E-state index in [2.05, 4.69) is 36.1 Å². The third-order valence-corrected chi connectivity index (χ3v) is 5.85. The number of rotatable bonds is 5. The van der Waals surface area contributed by atoms with E-state index in [0.717, 1.165) is 16.6 Å². The van der Waals surface area contributed by atoms with Crippen molar-refractivity contribution in [1.82, 2.24) is 9.97 Å². The predicted octanol–water partition coefficient (Wildman–Crippen LogP) is 6.98. The number of aromatic nitrogens is 2. The van der Waals surface area contributed by atoms with Crippen molar-refractivity contribution >= 4 is 34.2 Å². The number of nitrogens with zero attached hydrogens (tertiary/aromatic N) is 1. The quantitative estimate of drug-likeness (QED) is 0.337. The lowest BCUT2D eigenvalue weighted by Crippen LogP contribution is -2.42. The fourth-order valence-electron chi connectivity index (χ4n) is 3.49. The maximum absolute atomic E-state index is 13.1. The average Bonchev–Trinajstić information content (AvgIpc) is 3.19. The van der Waals surface area contributed by atoms with Gasteiger partial charge in [0.25, 0.3) is 5.91 Å². The lowest BCUT2D eigenvalue weighted by molar-refractivity contribution is -0.128. The molecule has 0 bridgehead atoms. The summed E-state index contributed by atoms with van der Waals surface area (Å²) in [7, 11) is 0. The second kappa shape index (κ2) is 8.56. The van der Waals surface area contributed by atoms with Crippen molar-refractivity contribution in [3.05, 3.63) is 77.3 Å². The molecule has 0 aliphatic heterocycles. The zero-order valence-electron chi connectivity index (χ0n) is 19.5. The molecule has 4 aromatic rings. The number of aromatic amines is 1.